The van der Waals surface area contributed by atoms with Gasteiger partial charge in [-0.15, -0.1) is 0 Å². The maximum absolute atomic E-state index is 12.9. The summed E-state index contributed by atoms with van der Waals surface area (Å²) in [5, 5.41) is 12.2. The lowest BCUT2D eigenvalue weighted by atomic mass is 10.1. The Hall–Kier alpha value is -4.77. The number of methoxy groups -OCH3 is 3. The van der Waals surface area contributed by atoms with Crippen LogP contribution in [0.15, 0.2) is 72.3 Å². The minimum atomic E-state index is -0.695. The molecule has 0 spiro atoms. The molecule has 35 heavy (non-hydrogen) atoms. The molecule has 0 aliphatic carbocycles. The van der Waals surface area contributed by atoms with Crippen molar-refractivity contribution in [3.8, 4) is 29.1 Å². The number of benzene rings is 3. The van der Waals surface area contributed by atoms with Crippen molar-refractivity contribution in [1.82, 2.24) is 5.32 Å². The molecule has 178 valence electrons. The second-order valence-corrected chi connectivity index (χ2v) is 7.18. The van der Waals surface area contributed by atoms with Crippen LogP contribution in [0.2, 0.25) is 0 Å². The quantitative estimate of drug-likeness (QED) is 0.216. The molecule has 3 aromatic carbocycles. The van der Waals surface area contributed by atoms with E-state index in [-0.39, 0.29) is 22.6 Å². The molecule has 0 fully saturated rings. The van der Waals surface area contributed by atoms with Gasteiger partial charge in [0.1, 0.15) is 28.7 Å². The molecule has 8 nitrogen and oxygen atoms in total. The van der Waals surface area contributed by atoms with Gasteiger partial charge in [0.25, 0.3) is 5.91 Å². The van der Waals surface area contributed by atoms with E-state index in [2.05, 4.69) is 5.32 Å². The molecule has 0 bridgehead atoms. The maximum Gasteiger partial charge on any atom is 0.351 e. The molecule has 0 radical (unpaired) electrons. The van der Waals surface area contributed by atoms with Gasteiger partial charge in [-0.05, 0) is 41.5 Å². The number of nitrogens with one attached hydrogen (secondary N) is 1. The number of hydrogen-bond donors (Lipinski definition) is 1. The Labute approximate surface area is 203 Å². The normalized spacial score (nSPS) is 10.6. The van der Waals surface area contributed by atoms with Crippen molar-refractivity contribution in [2.24, 2.45) is 0 Å². The van der Waals surface area contributed by atoms with Crippen LogP contribution in [0.4, 0.5) is 0 Å². The van der Waals surface area contributed by atoms with Gasteiger partial charge in [-0.2, -0.15) is 5.26 Å². The van der Waals surface area contributed by atoms with Gasteiger partial charge >= 0.3 is 5.97 Å². The van der Waals surface area contributed by atoms with Gasteiger partial charge in [0, 0.05) is 6.54 Å². The topological polar surface area (TPSA) is 107 Å². The van der Waals surface area contributed by atoms with E-state index in [0.29, 0.717) is 23.6 Å². The lowest BCUT2D eigenvalue weighted by molar-refractivity contribution is -0.117. The van der Waals surface area contributed by atoms with Crippen LogP contribution in [0.5, 0.6) is 23.0 Å². The molecule has 0 saturated heterocycles. The SMILES string of the molecule is COc1cc(/C=C(\C#N)C(=O)NCc2ccccc2)ccc1OC(=O)c1c(OC)cccc1OC. The minimum Gasteiger partial charge on any atom is -0.496 e. The van der Waals surface area contributed by atoms with Gasteiger partial charge in [0.2, 0.25) is 0 Å². The molecule has 0 aliphatic heterocycles. The molecule has 0 saturated carbocycles. The van der Waals surface area contributed by atoms with Crippen molar-refractivity contribution in [2.45, 2.75) is 6.54 Å². The third kappa shape index (κ3) is 6.18. The summed E-state index contributed by atoms with van der Waals surface area (Å²) in [5.74, 6) is -0.216. The number of amides is 1. The molecule has 0 aromatic heterocycles. The molecule has 0 heterocycles. The van der Waals surface area contributed by atoms with Crippen molar-refractivity contribution in [3.63, 3.8) is 0 Å². The van der Waals surface area contributed by atoms with Gasteiger partial charge in [-0.25, -0.2) is 4.79 Å². The maximum atomic E-state index is 12.9. The average molecular weight is 472 g/mol. The zero-order chi connectivity index (χ0) is 25.2. The second kappa shape index (κ2) is 11.9. The fourth-order valence-electron chi connectivity index (χ4n) is 3.25. The molecule has 0 unspecified atom stereocenters. The van der Waals surface area contributed by atoms with Gasteiger partial charge in [-0.3, -0.25) is 4.79 Å². The van der Waals surface area contributed by atoms with Crippen molar-refractivity contribution in [3.05, 3.63) is 89.0 Å². The molecule has 1 amide bonds. The summed E-state index contributed by atoms with van der Waals surface area (Å²) in [7, 11) is 4.30. The van der Waals surface area contributed by atoms with Gasteiger partial charge in [0.15, 0.2) is 11.5 Å². The van der Waals surface area contributed by atoms with Crippen LogP contribution >= 0.6 is 0 Å². The number of carbonyl (C=O) groups is 2. The Morgan fingerprint density at radius 3 is 2.11 bits per heavy atom. The lowest BCUT2D eigenvalue weighted by Crippen LogP contribution is -2.23. The average Bonchev–Trinajstić information content (AvgIpc) is 2.90. The number of nitriles is 1. The van der Waals surface area contributed by atoms with Crippen LogP contribution in [0.3, 0.4) is 0 Å². The third-order valence-electron chi connectivity index (χ3n) is 4.99. The first-order valence-electron chi connectivity index (χ1n) is 10.6. The Kier molecular flexibility index (Phi) is 8.46. The van der Waals surface area contributed by atoms with Crippen LogP contribution in [0.25, 0.3) is 6.08 Å². The summed E-state index contributed by atoms with van der Waals surface area (Å²) < 4.78 is 21.4. The van der Waals surface area contributed by atoms with Crippen LogP contribution in [0, 0.1) is 11.3 Å². The molecule has 0 aliphatic rings. The van der Waals surface area contributed by atoms with Crippen molar-refractivity contribution in [1.29, 1.82) is 5.26 Å². The fraction of sp³-hybridized carbons (Fsp3) is 0.148. The van der Waals surface area contributed by atoms with E-state index in [1.807, 2.05) is 36.4 Å². The van der Waals surface area contributed by atoms with Crippen LogP contribution in [-0.4, -0.2) is 33.2 Å². The summed E-state index contributed by atoms with van der Waals surface area (Å²) in [5.41, 5.74) is 1.48. The Morgan fingerprint density at radius 1 is 0.857 bits per heavy atom. The summed E-state index contributed by atoms with van der Waals surface area (Å²) in [4.78, 5) is 25.4. The second-order valence-electron chi connectivity index (χ2n) is 7.18. The van der Waals surface area contributed by atoms with Crippen LogP contribution in [-0.2, 0) is 11.3 Å². The van der Waals surface area contributed by atoms with E-state index in [4.69, 9.17) is 18.9 Å². The first-order chi connectivity index (χ1) is 17.0. The molecule has 0 atom stereocenters. The number of rotatable bonds is 9. The van der Waals surface area contributed by atoms with E-state index in [0.717, 1.165) is 5.56 Å². The highest BCUT2D eigenvalue weighted by molar-refractivity contribution is 6.01. The highest BCUT2D eigenvalue weighted by Crippen LogP contribution is 2.33. The molecular formula is C27H24N2O6. The summed E-state index contributed by atoms with van der Waals surface area (Å²) >= 11 is 0. The van der Waals surface area contributed by atoms with Crippen LogP contribution < -0.4 is 24.3 Å². The molecular weight excluding hydrogens is 448 g/mol. The van der Waals surface area contributed by atoms with Crippen molar-refractivity contribution in [2.75, 3.05) is 21.3 Å². The number of hydrogen-bond acceptors (Lipinski definition) is 7. The minimum absolute atomic E-state index is 0.0773. The van der Waals surface area contributed by atoms with Gasteiger partial charge < -0.3 is 24.3 Å². The largest absolute Gasteiger partial charge is 0.496 e. The Bertz CT molecular complexity index is 1260. The number of ether oxygens (including phenoxy) is 4. The predicted octanol–water partition coefficient (Wildman–Crippen LogP) is 4.15. The number of nitrogens with zero attached hydrogens (tertiary/aromatic N) is 1. The third-order valence-corrected chi connectivity index (χ3v) is 4.99. The van der Waals surface area contributed by atoms with Gasteiger partial charge in [0.05, 0.1) is 21.3 Å². The highest BCUT2D eigenvalue weighted by atomic mass is 16.6. The number of carbonyl (C=O) groups excluding carboxylic acids is 2. The fourth-order valence-corrected chi connectivity index (χ4v) is 3.25. The van der Waals surface area contributed by atoms with Crippen LogP contribution in [0.1, 0.15) is 21.5 Å². The Morgan fingerprint density at radius 2 is 1.51 bits per heavy atom. The first-order valence-corrected chi connectivity index (χ1v) is 10.6. The van der Waals surface area contributed by atoms with Crippen molar-refractivity contribution < 1.29 is 28.5 Å². The summed E-state index contributed by atoms with van der Waals surface area (Å²) in [6.07, 6.45) is 1.43. The lowest BCUT2D eigenvalue weighted by Gasteiger charge is -2.14. The molecule has 3 rings (SSSR count). The van der Waals surface area contributed by atoms with E-state index in [1.54, 1.807) is 30.3 Å². The van der Waals surface area contributed by atoms with E-state index < -0.39 is 11.9 Å². The molecule has 3 aromatic rings. The summed E-state index contributed by atoms with van der Waals surface area (Å²) in [6.45, 7) is 0.295. The van der Waals surface area contributed by atoms with E-state index in [1.165, 1.54) is 33.5 Å². The first kappa shape index (κ1) is 24.9. The van der Waals surface area contributed by atoms with Gasteiger partial charge in [-0.1, -0.05) is 42.5 Å². The van der Waals surface area contributed by atoms with E-state index >= 15 is 0 Å². The molecule has 1 N–H and O–H groups in total. The molecule has 8 heteroatoms. The zero-order valence-corrected chi connectivity index (χ0v) is 19.5. The summed E-state index contributed by atoms with van der Waals surface area (Å²) in [6, 6.07) is 20.9. The van der Waals surface area contributed by atoms with E-state index in [9.17, 15) is 14.9 Å². The zero-order valence-electron chi connectivity index (χ0n) is 19.5. The monoisotopic (exact) mass is 472 g/mol. The standard InChI is InChI=1S/C27H24N2O6/c1-32-22-10-7-11-23(33-2)25(22)27(31)35-21-13-12-19(15-24(21)34-3)14-20(16-28)26(30)29-17-18-8-5-4-6-9-18/h4-15H,17H2,1-3H3,(H,29,30)/b20-14+. The number of esters is 1. The smallest absolute Gasteiger partial charge is 0.351 e. The van der Waals surface area contributed by atoms with Crippen molar-refractivity contribution >= 4 is 18.0 Å². The highest BCUT2D eigenvalue weighted by Gasteiger charge is 2.22. The Balaban J connectivity index is 1.80. The predicted molar refractivity (Wildman–Crippen MR) is 129 cm³/mol.